The van der Waals surface area contributed by atoms with Crippen molar-refractivity contribution in [1.82, 2.24) is 0 Å². The van der Waals surface area contributed by atoms with Crippen LogP contribution in [0.3, 0.4) is 0 Å². The van der Waals surface area contributed by atoms with Crippen molar-refractivity contribution in [3.8, 4) is 11.5 Å². The zero-order valence-electron chi connectivity index (χ0n) is 8.33. The van der Waals surface area contributed by atoms with Crippen LogP contribution in [0, 0.1) is 5.82 Å². The number of aliphatic imine (C=N–C) groups is 1. The molecule has 1 heterocycles. The first kappa shape index (κ1) is 9.36. The number of rotatable bonds is 2. The molecule has 3 rings (SSSR count). The predicted molar refractivity (Wildman–Crippen MR) is 51.6 cm³/mol. The van der Waals surface area contributed by atoms with E-state index in [2.05, 4.69) is 4.99 Å². The summed E-state index contributed by atoms with van der Waals surface area (Å²) in [5.41, 5.74) is 0.150. The number of ether oxygens (including phenoxy) is 2. The van der Waals surface area contributed by atoms with Gasteiger partial charge >= 0.3 is 0 Å². The third kappa shape index (κ3) is 1.15. The van der Waals surface area contributed by atoms with E-state index in [1.165, 1.54) is 6.07 Å². The van der Waals surface area contributed by atoms with Gasteiger partial charge in [0.15, 0.2) is 11.6 Å². The second kappa shape index (κ2) is 3.06. The summed E-state index contributed by atoms with van der Waals surface area (Å²) in [4.78, 5) is 14.1. The van der Waals surface area contributed by atoms with E-state index >= 15 is 0 Å². The van der Waals surface area contributed by atoms with Gasteiger partial charge in [0.1, 0.15) is 5.54 Å². The molecular weight excluding hydrogens is 213 g/mol. The van der Waals surface area contributed by atoms with E-state index in [4.69, 9.17) is 9.47 Å². The summed E-state index contributed by atoms with van der Waals surface area (Å²) in [6, 6.07) is 2.90. The number of fused-ring (bicyclic) bond motifs is 1. The smallest absolute Gasteiger partial charge is 0.235 e. The molecule has 1 aromatic rings. The number of nitrogens with zero attached hydrogens (tertiary/aromatic N) is 1. The Morgan fingerprint density at radius 1 is 1.31 bits per heavy atom. The van der Waals surface area contributed by atoms with Gasteiger partial charge in [0, 0.05) is 5.56 Å². The van der Waals surface area contributed by atoms with Crippen LogP contribution in [-0.4, -0.2) is 12.9 Å². The Morgan fingerprint density at radius 2 is 2.06 bits per heavy atom. The normalized spacial score (nSPS) is 19.1. The second-order valence-corrected chi connectivity index (χ2v) is 3.89. The Morgan fingerprint density at radius 3 is 2.75 bits per heavy atom. The highest BCUT2D eigenvalue weighted by Gasteiger charge is 2.48. The lowest BCUT2D eigenvalue weighted by Gasteiger charge is -2.11. The van der Waals surface area contributed by atoms with Crippen LogP contribution in [0.25, 0.3) is 0 Å². The Bertz CT molecular complexity index is 504. The largest absolute Gasteiger partial charge is 0.453 e. The molecule has 0 radical (unpaired) electrons. The summed E-state index contributed by atoms with van der Waals surface area (Å²) < 4.78 is 23.6. The van der Waals surface area contributed by atoms with Crippen molar-refractivity contribution in [2.45, 2.75) is 18.4 Å². The average Bonchev–Trinajstić information content (AvgIpc) is 2.88. The van der Waals surface area contributed by atoms with E-state index in [1.807, 2.05) is 0 Å². The Hall–Kier alpha value is -1.87. The van der Waals surface area contributed by atoms with Crippen LogP contribution in [0.15, 0.2) is 17.1 Å². The number of halogens is 1. The first-order chi connectivity index (χ1) is 7.77. The van der Waals surface area contributed by atoms with Gasteiger partial charge in [-0.3, -0.25) is 0 Å². The molecule has 0 unspecified atom stereocenters. The minimum absolute atomic E-state index is 0.00412. The van der Waals surface area contributed by atoms with Gasteiger partial charge < -0.3 is 9.47 Å². The van der Waals surface area contributed by atoms with E-state index in [1.54, 1.807) is 12.1 Å². The molecule has 5 heteroatoms. The minimum atomic E-state index is -0.562. The maximum Gasteiger partial charge on any atom is 0.235 e. The molecule has 0 spiro atoms. The third-order valence-corrected chi connectivity index (χ3v) is 2.96. The van der Waals surface area contributed by atoms with Crippen molar-refractivity contribution in [3.63, 3.8) is 0 Å². The van der Waals surface area contributed by atoms with Crippen LogP contribution >= 0.6 is 0 Å². The molecular formula is C11H8FNO3. The van der Waals surface area contributed by atoms with Gasteiger partial charge in [-0.25, -0.2) is 9.18 Å². The Kier molecular flexibility index (Phi) is 1.79. The van der Waals surface area contributed by atoms with Gasteiger partial charge in [-0.15, -0.1) is 0 Å². The number of isocyanates is 1. The molecule has 1 aromatic carbocycles. The molecule has 82 valence electrons. The van der Waals surface area contributed by atoms with Gasteiger partial charge in [0.2, 0.25) is 18.6 Å². The minimum Gasteiger partial charge on any atom is -0.453 e. The molecule has 0 bridgehead atoms. The van der Waals surface area contributed by atoms with Crippen molar-refractivity contribution in [3.05, 3.63) is 23.5 Å². The summed E-state index contributed by atoms with van der Waals surface area (Å²) >= 11 is 0. The lowest BCUT2D eigenvalue weighted by molar-refractivity contribution is 0.170. The molecule has 0 aromatic heterocycles. The van der Waals surface area contributed by atoms with Crippen LogP contribution in [0.2, 0.25) is 0 Å². The summed E-state index contributed by atoms with van der Waals surface area (Å²) in [6.45, 7) is 0.00412. The molecule has 0 atom stereocenters. The molecule has 1 fully saturated rings. The fraction of sp³-hybridized carbons (Fsp3) is 0.364. The highest BCUT2D eigenvalue weighted by Crippen LogP contribution is 2.55. The number of hydrogen-bond donors (Lipinski definition) is 0. The lowest BCUT2D eigenvalue weighted by atomic mass is 10.0. The van der Waals surface area contributed by atoms with Gasteiger partial charge in [0.25, 0.3) is 0 Å². The standard InChI is InChI=1S/C11H8FNO3/c12-8-2-1-7(9-10(8)16-6-15-9)11(3-4-11)13-5-14/h1-2H,3-4,6H2. The van der Waals surface area contributed by atoms with Crippen LogP contribution in [0.4, 0.5) is 4.39 Å². The van der Waals surface area contributed by atoms with Gasteiger partial charge in [-0.05, 0) is 25.0 Å². The van der Waals surface area contributed by atoms with Crippen LogP contribution in [0.1, 0.15) is 18.4 Å². The average molecular weight is 221 g/mol. The van der Waals surface area contributed by atoms with E-state index < -0.39 is 11.4 Å². The summed E-state index contributed by atoms with van der Waals surface area (Å²) in [7, 11) is 0. The van der Waals surface area contributed by atoms with E-state index in [0.717, 1.165) is 12.8 Å². The monoisotopic (exact) mass is 221 g/mol. The summed E-state index contributed by atoms with van der Waals surface area (Å²) in [5, 5.41) is 0. The van der Waals surface area contributed by atoms with Crippen molar-refractivity contribution in [1.29, 1.82) is 0 Å². The molecule has 16 heavy (non-hydrogen) atoms. The maximum absolute atomic E-state index is 13.4. The molecule has 1 aliphatic carbocycles. The van der Waals surface area contributed by atoms with Crippen LogP contribution < -0.4 is 9.47 Å². The maximum atomic E-state index is 13.4. The fourth-order valence-corrected chi connectivity index (χ4v) is 1.98. The third-order valence-electron chi connectivity index (χ3n) is 2.96. The first-order valence-electron chi connectivity index (χ1n) is 4.94. The topological polar surface area (TPSA) is 47.9 Å². The summed E-state index contributed by atoms with van der Waals surface area (Å²) in [5.74, 6) is 0.0310. The molecule has 0 amide bonds. The zero-order valence-corrected chi connectivity index (χ0v) is 8.33. The van der Waals surface area contributed by atoms with E-state index in [9.17, 15) is 9.18 Å². The van der Waals surface area contributed by atoms with Crippen molar-refractivity contribution >= 4 is 6.08 Å². The predicted octanol–water partition coefficient (Wildman–Crippen LogP) is 1.88. The molecule has 0 N–H and O–H groups in total. The molecule has 1 aliphatic heterocycles. The second-order valence-electron chi connectivity index (χ2n) is 3.89. The SMILES string of the molecule is O=C=NC1(c2ccc(F)c3c2OCO3)CC1. The van der Waals surface area contributed by atoms with E-state index in [0.29, 0.717) is 11.3 Å². The number of benzene rings is 1. The van der Waals surface area contributed by atoms with Crippen LogP contribution in [-0.2, 0) is 10.3 Å². The van der Waals surface area contributed by atoms with Gasteiger partial charge in [-0.2, -0.15) is 4.99 Å². The number of hydrogen-bond acceptors (Lipinski definition) is 4. The fourth-order valence-electron chi connectivity index (χ4n) is 1.98. The molecule has 0 saturated heterocycles. The highest BCUT2D eigenvalue weighted by molar-refractivity contribution is 5.55. The first-order valence-corrected chi connectivity index (χ1v) is 4.94. The van der Waals surface area contributed by atoms with Crippen molar-refractivity contribution in [2.75, 3.05) is 6.79 Å². The lowest BCUT2D eigenvalue weighted by Crippen LogP contribution is -2.04. The Labute approximate surface area is 90.7 Å². The molecule has 2 aliphatic rings. The van der Waals surface area contributed by atoms with E-state index in [-0.39, 0.29) is 12.5 Å². The van der Waals surface area contributed by atoms with Gasteiger partial charge in [0.05, 0.1) is 0 Å². The van der Waals surface area contributed by atoms with Crippen molar-refractivity contribution < 1.29 is 18.7 Å². The number of carbonyl (C=O) groups excluding carboxylic acids is 1. The van der Waals surface area contributed by atoms with Crippen molar-refractivity contribution in [2.24, 2.45) is 4.99 Å². The summed E-state index contributed by atoms with van der Waals surface area (Å²) in [6.07, 6.45) is 3.07. The van der Waals surface area contributed by atoms with Gasteiger partial charge in [-0.1, -0.05) is 0 Å². The Balaban J connectivity index is 2.16. The van der Waals surface area contributed by atoms with Crippen LogP contribution in [0.5, 0.6) is 11.5 Å². The quantitative estimate of drug-likeness (QED) is 0.565. The molecule has 1 saturated carbocycles. The zero-order chi connectivity index (χ0) is 11.2. The highest BCUT2D eigenvalue weighted by atomic mass is 19.1. The molecule has 4 nitrogen and oxygen atoms in total.